The standard InChI is InChI=1S/C41H54ClN5O4/c1-6-44(7-2)29-37(31-13-9-8-10-14-31)45-21-23-46(24-22-45)39(49)36(25-30-17-19-34(42)20-18-30)43-38(48)27-35-26-32-15-11-12-16-33(32)28-47(35)40(50)51-41(3,4)5/h8-20,35-37H,6-7,21-29H2,1-5H3,(H,43,48)/t35-,36+,37?/m0/s1. The van der Waals surface area contributed by atoms with Gasteiger partial charge in [0.2, 0.25) is 11.8 Å². The van der Waals surface area contributed by atoms with E-state index >= 15 is 0 Å². The molecule has 0 radical (unpaired) electrons. The lowest BCUT2D eigenvalue weighted by atomic mass is 9.92. The second-order valence-corrected chi connectivity index (χ2v) is 15.1. The van der Waals surface area contributed by atoms with Gasteiger partial charge in [0.05, 0.1) is 0 Å². The maximum atomic E-state index is 14.3. The largest absolute Gasteiger partial charge is 0.444 e. The third-order valence-corrected chi connectivity index (χ3v) is 10.2. The Hall–Kier alpha value is -3.92. The van der Waals surface area contributed by atoms with E-state index in [2.05, 4.69) is 53.2 Å². The number of hydrogen-bond donors (Lipinski definition) is 1. The van der Waals surface area contributed by atoms with E-state index in [0.717, 1.165) is 49.4 Å². The Balaban J connectivity index is 1.30. The van der Waals surface area contributed by atoms with Crippen LogP contribution in [0.1, 0.15) is 69.3 Å². The van der Waals surface area contributed by atoms with Gasteiger partial charge >= 0.3 is 6.09 Å². The lowest BCUT2D eigenvalue weighted by molar-refractivity contribution is -0.138. The van der Waals surface area contributed by atoms with Crippen LogP contribution >= 0.6 is 11.6 Å². The first kappa shape index (κ1) is 38.3. The summed E-state index contributed by atoms with van der Waals surface area (Å²) in [6.07, 6.45) is 0.461. The number of benzene rings is 3. The smallest absolute Gasteiger partial charge is 0.410 e. The third kappa shape index (κ3) is 10.6. The number of nitrogens with zero attached hydrogens (tertiary/aromatic N) is 4. The van der Waals surface area contributed by atoms with Gasteiger partial charge in [-0.15, -0.1) is 0 Å². The first-order valence-electron chi connectivity index (χ1n) is 18.3. The molecule has 5 rings (SSSR count). The number of piperazine rings is 1. The summed E-state index contributed by atoms with van der Waals surface area (Å²) >= 11 is 6.18. The summed E-state index contributed by atoms with van der Waals surface area (Å²) in [6, 6.07) is 25.0. The number of ether oxygens (including phenoxy) is 1. The lowest BCUT2D eigenvalue weighted by Crippen LogP contribution is -2.57. The van der Waals surface area contributed by atoms with Crippen LogP contribution in [0.4, 0.5) is 4.79 Å². The van der Waals surface area contributed by atoms with Crippen LogP contribution in [0.5, 0.6) is 0 Å². The molecule has 2 aliphatic rings. The second-order valence-electron chi connectivity index (χ2n) is 14.7. The summed E-state index contributed by atoms with van der Waals surface area (Å²) in [5.74, 6) is -0.377. The molecule has 2 aliphatic heterocycles. The molecule has 0 aromatic heterocycles. The molecule has 274 valence electrons. The average molecular weight is 716 g/mol. The maximum absolute atomic E-state index is 14.3. The number of fused-ring (bicyclic) bond motifs is 1. The molecule has 1 fully saturated rings. The van der Waals surface area contributed by atoms with Crippen LogP contribution in [0.2, 0.25) is 5.02 Å². The van der Waals surface area contributed by atoms with E-state index in [9.17, 15) is 14.4 Å². The van der Waals surface area contributed by atoms with Crippen molar-refractivity contribution in [1.82, 2.24) is 24.9 Å². The molecule has 0 aliphatic carbocycles. The molecule has 0 bridgehead atoms. The first-order valence-corrected chi connectivity index (χ1v) is 18.7. The van der Waals surface area contributed by atoms with E-state index in [1.807, 2.05) is 68.1 Å². The van der Waals surface area contributed by atoms with Crippen LogP contribution < -0.4 is 5.32 Å². The van der Waals surface area contributed by atoms with Gasteiger partial charge < -0.3 is 24.8 Å². The van der Waals surface area contributed by atoms with Crippen molar-refractivity contribution in [2.45, 2.75) is 84.2 Å². The molecule has 2 heterocycles. The highest BCUT2D eigenvalue weighted by molar-refractivity contribution is 6.30. The van der Waals surface area contributed by atoms with E-state index in [-0.39, 0.29) is 24.3 Å². The fourth-order valence-corrected chi connectivity index (χ4v) is 7.26. The number of rotatable bonds is 12. The highest BCUT2D eigenvalue weighted by atomic mass is 35.5. The van der Waals surface area contributed by atoms with Crippen molar-refractivity contribution in [3.8, 4) is 0 Å². The minimum Gasteiger partial charge on any atom is -0.444 e. The molecular weight excluding hydrogens is 662 g/mol. The highest BCUT2D eigenvalue weighted by Crippen LogP contribution is 2.28. The summed E-state index contributed by atoms with van der Waals surface area (Å²) in [5, 5.41) is 3.71. The quantitative estimate of drug-likeness (QED) is 0.236. The first-order chi connectivity index (χ1) is 24.4. The summed E-state index contributed by atoms with van der Waals surface area (Å²) in [7, 11) is 0. The van der Waals surface area contributed by atoms with Gasteiger partial charge in [0.15, 0.2) is 0 Å². The Morgan fingerprint density at radius 1 is 0.882 bits per heavy atom. The van der Waals surface area contributed by atoms with Crippen LogP contribution in [0.25, 0.3) is 0 Å². The molecule has 51 heavy (non-hydrogen) atoms. The van der Waals surface area contributed by atoms with Crippen molar-refractivity contribution in [1.29, 1.82) is 0 Å². The Morgan fingerprint density at radius 3 is 2.14 bits per heavy atom. The van der Waals surface area contributed by atoms with Crippen molar-refractivity contribution in [3.05, 3.63) is 106 Å². The Morgan fingerprint density at radius 2 is 1.51 bits per heavy atom. The number of carbonyl (C=O) groups excluding carboxylic acids is 3. The van der Waals surface area contributed by atoms with Gasteiger partial charge in [-0.25, -0.2) is 4.79 Å². The normalized spacial score (nSPS) is 17.8. The topological polar surface area (TPSA) is 85.4 Å². The predicted octanol–water partition coefficient (Wildman–Crippen LogP) is 6.35. The number of likely N-dealkylation sites (N-methyl/N-ethyl adjacent to an activating group) is 1. The van der Waals surface area contributed by atoms with E-state index in [0.29, 0.717) is 37.5 Å². The van der Waals surface area contributed by atoms with Gasteiger partial charge in [0.25, 0.3) is 0 Å². The summed E-state index contributed by atoms with van der Waals surface area (Å²) in [5.41, 5.74) is 3.66. The van der Waals surface area contributed by atoms with Gasteiger partial charge in [-0.2, -0.15) is 0 Å². The molecule has 1 N–H and O–H groups in total. The fraction of sp³-hybridized carbons (Fsp3) is 0.488. The molecule has 10 heteroatoms. The lowest BCUT2D eigenvalue weighted by Gasteiger charge is -2.42. The molecule has 1 saturated heterocycles. The van der Waals surface area contributed by atoms with Gasteiger partial charge in [-0.05, 0) is 74.7 Å². The number of amides is 3. The summed E-state index contributed by atoms with van der Waals surface area (Å²) in [4.78, 5) is 50.0. The van der Waals surface area contributed by atoms with Gasteiger partial charge in [0.1, 0.15) is 11.6 Å². The van der Waals surface area contributed by atoms with Gasteiger partial charge in [-0.1, -0.05) is 92.2 Å². The van der Waals surface area contributed by atoms with Crippen molar-refractivity contribution < 1.29 is 19.1 Å². The van der Waals surface area contributed by atoms with E-state index in [1.54, 1.807) is 17.0 Å². The molecule has 0 spiro atoms. The molecule has 9 nitrogen and oxygen atoms in total. The summed E-state index contributed by atoms with van der Waals surface area (Å²) < 4.78 is 5.76. The average Bonchev–Trinajstić information content (AvgIpc) is 3.12. The molecule has 3 aromatic carbocycles. The Kier molecular flexibility index (Phi) is 13.2. The van der Waals surface area contributed by atoms with E-state index < -0.39 is 23.8 Å². The minimum atomic E-state index is -0.767. The van der Waals surface area contributed by atoms with E-state index in [1.165, 1.54) is 5.56 Å². The van der Waals surface area contributed by atoms with Crippen molar-refractivity contribution in [3.63, 3.8) is 0 Å². The van der Waals surface area contributed by atoms with Crippen LogP contribution in [0, 0.1) is 0 Å². The maximum Gasteiger partial charge on any atom is 0.410 e. The SMILES string of the molecule is CCN(CC)CC(c1ccccc1)N1CCN(C(=O)[C@@H](Cc2ccc(Cl)cc2)NC(=O)C[C@@H]2Cc3ccccc3CN2C(=O)OC(C)(C)C)CC1. The minimum absolute atomic E-state index is 0.0515. The van der Waals surface area contributed by atoms with Crippen molar-refractivity contribution >= 4 is 29.5 Å². The van der Waals surface area contributed by atoms with Gasteiger partial charge in [0, 0.05) is 69.2 Å². The van der Waals surface area contributed by atoms with E-state index in [4.69, 9.17) is 16.3 Å². The number of halogens is 1. The van der Waals surface area contributed by atoms with Crippen LogP contribution in [0.15, 0.2) is 78.9 Å². The number of hydrogen-bond acceptors (Lipinski definition) is 6. The zero-order valence-electron chi connectivity index (χ0n) is 30.8. The Bertz CT molecular complexity index is 1600. The molecule has 0 saturated carbocycles. The van der Waals surface area contributed by atoms with Crippen molar-refractivity contribution in [2.75, 3.05) is 45.8 Å². The predicted molar refractivity (Wildman–Crippen MR) is 203 cm³/mol. The zero-order chi connectivity index (χ0) is 36.5. The molecule has 3 aromatic rings. The highest BCUT2D eigenvalue weighted by Gasteiger charge is 2.36. The monoisotopic (exact) mass is 715 g/mol. The second kappa shape index (κ2) is 17.5. The third-order valence-electron chi connectivity index (χ3n) is 9.97. The molecule has 3 amide bonds. The Labute approximate surface area is 308 Å². The fourth-order valence-electron chi connectivity index (χ4n) is 7.14. The molecular formula is C41H54ClN5O4. The van der Waals surface area contributed by atoms with Crippen LogP contribution in [0.3, 0.4) is 0 Å². The molecule has 1 unspecified atom stereocenters. The van der Waals surface area contributed by atoms with Gasteiger partial charge in [-0.3, -0.25) is 14.5 Å². The van der Waals surface area contributed by atoms with Crippen LogP contribution in [-0.4, -0.2) is 101 Å². The number of carbonyl (C=O) groups is 3. The zero-order valence-corrected chi connectivity index (χ0v) is 31.6. The summed E-state index contributed by atoms with van der Waals surface area (Å²) in [6.45, 7) is 15.8. The van der Waals surface area contributed by atoms with Crippen LogP contribution in [-0.2, 0) is 33.7 Å². The molecule has 3 atom stereocenters. The van der Waals surface area contributed by atoms with Crippen molar-refractivity contribution in [2.24, 2.45) is 0 Å². The number of nitrogens with one attached hydrogen (secondary N) is 1.